The van der Waals surface area contributed by atoms with Gasteiger partial charge in [-0.2, -0.15) is 0 Å². The highest BCUT2D eigenvalue weighted by Crippen LogP contribution is 2.34. The molecule has 158 valence electrons. The molecule has 0 spiro atoms. The molecule has 2 aromatic carbocycles. The number of aryl methyl sites for hydroxylation is 1. The smallest absolute Gasteiger partial charge is 0.227 e. The Balaban J connectivity index is 1.56. The molecule has 0 radical (unpaired) electrons. The third-order valence-corrected chi connectivity index (χ3v) is 6.04. The van der Waals surface area contributed by atoms with E-state index in [0.29, 0.717) is 13.0 Å². The van der Waals surface area contributed by atoms with Gasteiger partial charge in [-0.25, -0.2) is 4.98 Å². The summed E-state index contributed by atoms with van der Waals surface area (Å²) in [7, 11) is 1.65. The Labute approximate surface area is 178 Å². The molecule has 1 aromatic heterocycles. The highest BCUT2D eigenvalue weighted by molar-refractivity contribution is 5.96. The Kier molecular flexibility index (Phi) is 6.36. The van der Waals surface area contributed by atoms with Crippen LogP contribution < -0.4 is 9.64 Å². The molecule has 1 fully saturated rings. The van der Waals surface area contributed by atoms with E-state index in [4.69, 9.17) is 9.72 Å². The number of hydrogen-bond donors (Lipinski definition) is 0. The standard InChI is InChI=1S/C25H31N3O2/c1-3-4-5-6-9-16-27-23-11-8-7-10-22(23)26-25(27)19-17-24(29)28(18-19)20-12-14-21(30-2)15-13-20/h7-8,10-15,19H,3-6,9,16-18H2,1-2H3. The van der Waals surface area contributed by atoms with Crippen LogP contribution in [0, 0.1) is 0 Å². The van der Waals surface area contributed by atoms with Crippen LogP contribution in [0.4, 0.5) is 5.69 Å². The maximum atomic E-state index is 12.8. The molecule has 30 heavy (non-hydrogen) atoms. The number of methoxy groups -OCH3 is 1. The third kappa shape index (κ3) is 4.20. The average Bonchev–Trinajstić information content (AvgIpc) is 3.34. The van der Waals surface area contributed by atoms with Crippen molar-refractivity contribution in [3.05, 3.63) is 54.4 Å². The van der Waals surface area contributed by atoms with Gasteiger partial charge >= 0.3 is 0 Å². The normalized spacial score (nSPS) is 16.5. The zero-order chi connectivity index (χ0) is 20.9. The zero-order valence-corrected chi connectivity index (χ0v) is 18.0. The lowest BCUT2D eigenvalue weighted by molar-refractivity contribution is -0.117. The van der Waals surface area contributed by atoms with Crippen molar-refractivity contribution >= 4 is 22.6 Å². The third-order valence-electron chi connectivity index (χ3n) is 6.04. The van der Waals surface area contributed by atoms with Crippen LogP contribution in [-0.4, -0.2) is 29.1 Å². The van der Waals surface area contributed by atoms with Crippen LogP contribution in [0.1, 0.15) is 57.2 Å². The van der Waals surface area contributed by atoms with Gasteiger partial charge in [-0.3, -0.25) is 4.79 Å². The van der Waals surface area contributed by atoms with Crippen molar-refractivity contribution in [1.29, 1.82) is 0 Å². The number of imidazole rings is 1. The van der Waals surface area contributed by atoms with Crippen LogP contribution in [0.25, 0.3) is 11.0 Å². The number of nitrogens with zero attached hydrogens (tertiary/aromatic N) is 3. The van der Waals surface area contributed by atoms with Gasteiger partial charge in [0.15, 0.2) is 0 Å². The van der Waals surface area contributed by atoms with Gasteiger partial charge < -0.3 is 14.2 Å². The van der Waals surface area contributed by atoms with Gasteiger partial charge in [0, 0.05) is 31.1 Å². The first-order valence-electron chi connectivity index (χ1n) is 11.1. The summed E-state index contributed by atoms with van der Waals surface area (Å²) in [6.07, 6.45) is 6.73. The van der Waals surface area contributed by atoms with Crippen molar-refractivity contribution in [3.63, 3.8) is 0 Å². The van der Waals surface area contributed by atoms with E-state index in [1.165, 1.54) is 31.2 Å². The number of aromatic nitrogens is 2. The molecule has 0 bridgehead atoms. The number of unbranched alkanes of at least 4 members (excludes halogenated alkanes) is 4. The number of carbonyl (C=O) groups excluding carboxylic acids is 1. The van der Waals surface area contributed by atoms with Gasteiger partial charge in [0.2, 0.25) is 5.91 Å². The Morgan fingerprint density at radius 2 is 1.80 bits per heavy atom. The van der Waals surface area contributed by atoms with Crippen LogP contribution in [-0.2, 0) is 11.3 Å². The lowest BCUT2D eigenvalue weighted by atomic mass is 10.1. The summed E-state index contributed by atoms with van der Waals surface area (Å²) >= 11 is 0. The summed E-state index contributed by atoms with van der Waals surface area (Å²) in [4.78, 5) is 19.7. The largest absolute Gasteiger partial charge is 0.497 e. The fourth-order valence-corrected chi connectivity index (χ4v) is 4.41. The summed E-state index contributed by atoms with van der Waals surface area (Å²) in [5.74, 6) is 2.12. The maximum absolute atomic E-state index is 12.8. The molecule has 0 N–H and O–H groups in total. The maximum Gasteiger partial charge on any atom is 0.227 e. The summed E-state index contributed by atoms with van der Waals surface area (Å²) in [5, 5.41) is 0. The van der Waals surface area contributed by atoms with E-state index in [-0.39, 0.29) is 11.8 Å². The van der Waals surface area contributed by atoms with E-state index in [0.717, 1.165) is 35.7 Å². The second-order valence-electron chi connectivity index (χ2n) is 8.13. The van der Waals surface area contributed by atoms with Gasteiger partial charge in [0.25, 0.3) is 0 Å². The predicted molar refractivity (Wildman–Crippen MR) is 121 cm³/mol. The molecule has 0 saturated carbocycles. The molecule has 2 heterocycles. The highest BCUT2D eigenvalue weighted by Gasteiger charge is 2.34. The minimum absolute atomic E-state index is 0.114. The van der Waals surface area contributed by atoms with Crippen molar-refractivity contribution in [2.24, 2.45) is 0 Å². The lowest BCUT2D eigenvalue weighted by Gasteiger charge is -2.18. The molecule has 4 rings (SSSR count). The van der Waals surface area contributed by atoms with E-state index in [9.17, 15) is 4.79 Å². The van der Waals surface area contributed by atoms with Crippen molar-refractivity contribution < 1.29 is 9.53 Å². The van der Waals surface area contributed by atoms with E-state index < -0.39 is 0 Å². The van der Waals surface area contributed by atoms with E-state index in [1.807, 2.05) is 35.2 Å². The topological polar surface area (TPSA) is 47.4 Å². The SMILES string of the molecule is CCCCCCCn1c(C2CC(=O)N(c3ccc(OC)cc3)C2)nc2ccccc21. The van der Waals surface area contributed by atoms with Crippen molar-refractivity contribution in [3.8, 4) is 5.75 Å². The number of hydrogen-bond acceptors (Lipinski definition) is 3. The second-order valence-corrected chi connectivity index (χ2v) is 8.13. The van der Waals surface area contributed by atoms with Crippen LogP contribution in [0.2, 0.25) is 0 Å². The lowest BCUT2D eigenvalue weighted by Crippen LogP contribution is -2.24. The molecule has 1 amide bonds. The molecule has 3 aromatic rings. The fraction of sp³-hybridized carbons (Fsp3) is 0.440. The molecule has 5 heteroatoms. The predicted octanol–water partition coefficient (Wildman–Crippen LogP) is 5.54. The molecule has 1 aliphatic rings. The Bertz CT molecular complexity index is 993. The average molecular weight is 406 g/mol. The summed E-state index contributed by atoms with van der Waals surface area (Å²) in [6, 6.07) is 16.0. The van der Waals surface area contributed by atoms with E-state index in [1.54, 1.807) is 7.11 Å². The van der Waals surface area contributed by atoms with Gasteiger partial charge in [-0.05, 0) is 42.8 Å². The van der Waals surface area contributed by atoms with Gasteiger partial charge in [0.1, 0.15) is 11.6 Å². The van der Waals surface area contributed by atoms with Gasteiger partial charge in [-0.15, -0.1) is 0 Å². The van der Waals surface area contributed by atoms with Crippen molar-refractivity contribution in [2.45, 2.75) is 57.9 Å². The number of anilines is 1. The monoisotopic (exact) mass is 405 g/mol. The minimum Gasteiger partial charge on any atom is -0.497 e. The molecule has 0 aliphatic carbocycles. The Hall–Kier alpha value is -2.82. The molecule has 1 saturated heterocycles. The van der Waals surface area contributed by atoms with Gasteiger partial charge in [0.05, 0.1) is 18.1 Å². The number of rotatable bonds is 9. The van der Waals surface area contributed by atoms with Crippen LogP contribution >= 0.6 is 0 Å². The molecule has 5 nitrogen and oxygen atoms in total. The zero-order valence-electron chi connectivity index (χ0n) is 18.0. The first-order valence-corrected chi connectivity index (χ1v) is 11.1. The molecule has 1 atom stereocenters. The second kappa shape index (κ2) is 9.33. The molecular weight excluding hydrogens is 374 g/mol. The number of para-hydroxylation sites is 2. The fourth-order valence-electron chi connectivity index (χ4n) is 4.41. The van der Waals surface area contributed by atoms with E-state index in [2.05, 4.69) is 29.7 Å². The van der Waals surface area contributed by atoms with Gasteiger partial charge in [-0.1, -0.05) is 44.7 Å². The van der Waals surface area contributed by atoms with Crippen LogP contribution in [0.5, 0.6) is 5.75 Å². The Morgan fingerprint density at radius 1 is 1.03 bits per heavy atom. The summed E-state index contributed by atoms with van der Waals surface area (Å²) in [5.41, 5.74) is 3.13. The quantitative estimate of drug-likeness (QED) is 0.439. The van der Waals surface area contributed by atoms with Crippen molar-refractivity contribution in [1.82, 2.24) is 9.55 Å². The summed E-state index contributed by atoms with van der Waals surface area (Å²) in [6.45, 7) is 3.88. The molecule has 1 aliphatic heterocycles. The highest BCUT2D eigenvalue weighted by atomic mass is 16.5. The van der Waals surface area contributed by atoms with E-state index >= 15 is 0 Å². The number of ether oxygens (including phenoxy) is 1. The van der Waals surface area contributed by atoms with Crippen LogP contribution in [0.15, 0.2) is 48.5 Å². The number of fused-ring (bicyclic) bond motifs is 1. The Morgan fingerprint density at radius 3 is 2.57 bits per heavy atom. The molecule has 1 unspecified atom stereocenters. The van der Waals surface area contributed by atoms with Crippen LogP contribution in [0.3, 0.4) is 0 Å². The number of amides is 1. The first-order chi connectivity index (χ1) is 14.7. The summed E-state index contributed by atoms with van der Waals surface area (Å²) < 4.78 is 7.60. The first kappa shape index (κ1) is 20.5. The number of carbonyl (C=O) groups is 1. The number of benzene rings is 2. The minimum atomic E-state index is 0.114. The van der Waals surface area contributed by atoms with Crippen molar-refractivity contribution in [2.75, 3.05) is 18.6 Å². The molecular formula is C25H31N3O2.